The fourth-order valence-electron chi connectivity index (χ4n) is 4.19. The van der Waals surface area contributed by atoms with Crippen molar-refractivity contribution in [2.45, 2.75) is 33.2 Å². The Balaban J connectivity index is 1.29. The summed E-state index contributed by atoms with van der Waals surface area (Å²) in [7, 11) is 0. The van der Waals surface area contributed by atoms with Gasteiger partial charge in [-0.25, -0.2) is 0 Å². The predicted octanol–water partition coefficient (Wildman–Crippen LogP) is 4.18. The van der Waals surface area contributed by atoms with Gasteiger partial charge in [-0.05, 0) is 73.4 Å². The molecule has 0 aliphatic carbocycles. The maximum atomic E-state index is 12.8. The molecule has 0 unspecified atom stereocenters. The van der Waals surface area contributed by atoms with Crippen molar-refractivity contribution in [1.82, 2.24) is 14.5 Å². The predicted molar refractivity (Wildman–Crippen MR) is 136 cm³/mol. The van der Waals surface area contributed by atoms with Gasteiger partial charge < -0.3 is 14.2 Å². The number of amidine groups is 3. The first kappa shape index (κ1) is 22.5. The Labute approximate surface area is 203 Å². The van der Waals surface area contributed by atoms with Gasteiger partial charge in [0.25, 0.3) is 5.91 Å². The summed E-state index contributed by atoms with van der Waals surface area (Å²) in [6.07, 6.45) is 5.91. The summed E-state index contributed by atoms with van der Waals surface area (Å²) in [4.78, 5) is 19.3. The number of amides is 1. The standard InChI is InChI=1S/C25H28N6O2S/c1-17-8-11-30(12-9-17)25-28-31-22(26)21(23(32)27-24(31)34-25)16-19-6-4-10-29(19)13-14-33-20-7-3-5-18(2)15-20/h3-7,10,15-17,26H,8-9,11-14H2,1-2H3/b21-16+,26-22?. The Morgan fingerprint density at radius 1 is 1.21 bits per heavy atom. The Bertz CT molecular complexity index is 1210. The van der Waals surface area contributed by atoms with Crippen LogP contribution in [0.3, 0.4) is 0 Å². The molecule has 1 saturated heterocycles. The van der Waals surface area contributed by atoms with E-state index in [0.29, 0.717) is 18.3 Å². The van der Waals surface area contributed by atoms with Crippen LogP contribution in [0, 0.1) is 18.3 Å². The van der Waals surface area contributed by atoms with Gasteiger partial charge in [0.1, 0.15) is 12.4 Å². The highest BCUT2D eigenvalue weighted by molar-refractivity contribution is 8.26. The van der Waals surface area contributed by atoms with Crippen LogP contribution < -0.4 is 4.74 Å². The fraction of sp³-hybridized carbons (Fsp3) is 0.360. The molecule has 0 atom stereocenters. The van der Waals surface area contributed by atoms with Gasteiger partial charge in [0.15, 0.2) is 11.0 Å². The average molecular weight is 477 g/mol. The lowest BCUT2D eigenvalue weighted by Gasteiger charge is -2.30. The van der Waals surface area contributed by atoms with E-state index in [-0.39, 0.29) is 11.4 Å². The van der Waals surface area contributed by atoms with E-state index in [1.807, 2.05) is 54.1 Å². The molecule has 1 aromatic heterocycles. The van der Waals surface area contributed by atoms with E-state index in [0.717, 1.165) is 54.0 Å². The van der Waals surface area contributed by atoms with Crippen molar-refractivity contribution in [2.24, 2.45) is 16.0 Å². The lowest BCUT2D eigenvalue weighted by molar-refractivity contribution is -0.114. The topological polar surface area (TPSA) is 86.3 Å². The summed E-state index contributed by atoms with van der Waals surface area (Å²) in [6.45, 7) is 7.29. The lowest BCUT2D eigenvalue weighted by atomic mass is 10.00. The Morgan fingerprint density at radius 3 is 2.82 bits per heavy atom. The number of hydrogen-bond acceptors (Lipinski definition) is 6. The largest absolute Gasteiger partial charge is 0.492 e. The molecule has 4 heterocycles. The molecule has 0 bridgehead atoms. The zero-order valence-corrected chi connectivity index (χ0v) is 20.2. The van der Waals surface area contributed by atoms with Gasteiger partial charge in [-0.15, -0.1) is 5.10 Å². The summed E-state index contributed by atoms with van der Waals surface area (Å²) in [6, 6.07) is 11.8. The molecule has 34 heavy (non-hydrogen) atoms. The minimum absolute atomic E-state index is 0.0617. The van der Waals surface area contributed by atoms with E-state index in [2.05, 4.69) is 21.9 Å². The van der Waals surface area contributed by atoms with Crippen LogP contribution in [0.5, 0.6) is 5.75 Å². The third-order valence-corrected chi connectivity index (χ3v) is 7.21. The Morgan fingerprint density at radius 2 is 2.03 bits per heavy atom. The molecule has 0 saturated carbocycles. The Hall–Kier alpha value is -3.33. The molecular formula is C25H28N6O2S. The van der Waals surface area contributed by atoms with Crippen molar-refractivity contribution in [3.8, 4) is 5.75 Å². The number of hydrazone groups is 1. The van der Waals surface area contributed by atoms with Crippen LogP contribution in [-0.2, 0) is 11.3 Å². The number of carbonyl (C=O) groups excluding carboxylic acids is 1. The number of ether oxygens (including phenoxy) is 1. The first-order valence-corrected chi connectivity index (χ1v) is 12.4. The average Bonchev–Trinajstić information content (AvgIpc) is 3.44. The molecule has 9 heteroatoms. The van der Waals surface area contributed by atoms with E-state index in [9.17, 15) is 4.79 Å². The third kappa shape index (κ3) is 4.65. The number of rotatable bonds is 5. The van der Waals surface area contributed by atoms with Gasteiger partial charge in [0, 0.05) is 25.0 Å². The molecular weight excluding hydrogens is 448 g/mol. The van der Waals surface area contributed by atoms with E-state index >= 15 is 0 Å². The zero-order chi connectivity index (χ0) is 23.7. The van der Waals surface area contributed by atoms with Crippen LogP contribution in [0.15, 0.2) is 58.3 Å². The van der Waals surface area contributed by atoms with Gasteiger partial charge in [0.05, 0.1) is 12.1 Å². The molecule has 1 amide bonds. The second-order valence-corrected chi connectivity index (χ2v) is 9.80. The number of thioether (sulfide) groups is 1. The number of aromatic nitrogens is 1. The summed E-state index contributed by atoms with van der Waals surface area (Å²) in [5.41, 5.74) is 2.21. The highest BCUT2D eigenvalue weighted by atomic mass is 32.2. The summed E-state index contributed by atoms with van der Waals surface area (Å²) in [5, 5.41) is 16.1. The van der Waals surface area contributed by atoms with Crippen molar-refractivity contribution in [2.75, 3.05) is 19.7 Å². The molecule has 5 rings (SSSR count). The number of likely N-dealkylation sites (tertiary alicyclic amines) is 1. The molecule has 2 aromatic rings. The minimum atomic E-state index is -0.406. The molecule has 8 nitrogen and oxygen atoms in total. The van der Waals surface area contributed by atoms with E-state index in [1.165, 1.54) is 16.8 Å². The van der Waals surface area contributed by atoms with E-state index in [1.54, 1.807) is 6.08 Å². The summed E-state index contributed by atoms with van der Waals surface area (Å²) < 4.78 is 7.88. The zero-order valence-electron chi connectivity index (χ0n) is 19.4. The van der Waals surface area contributed by atoms with Gasteiger partial charge in [-0.1, -0.05) is 19.1 Å². The van der Waals surface area contributed by atoms with Crippen molar-refractivity contribution in [3.05, 3.63) is 59.4 Å². The number of nitrogens with one attached hydrogen (secondary N) is 1. The molecule has 1 fully saturated rings. The lowest BCUT2D eigenvalue weighted by Crippen LogP contribution is -2.36. The maximum Gasteiger partial charge on any atom is 0.283 e. The molecule has 0 radical (unpaired) electrons. The van der Waals surface area contributed by atoms with E-state index in [4.69, 9.17) is 10.1 Å². The van der Waals surface area contributed by atoms with Gasteiger partial charge >= 0.3 is 0 Å². The highest BCUT2D eigenvalue weighted by Crippen LogP contribution is 2.31. The van der Waals surface area contributed by atoms with Crippen LogP contribution in [0.4, 0.5) is 0 Å². The number of fused-ring (bicyclic) bond motifs is 1. The molecule has 3 aliphatic rings. The van der Waals surface area contributed by atoms with Crippen LogP contribution in [0.1, 0.15) is 31.0 Å². The van der Waals surface area contributed by atoms with Crippen molar-refractivity contribution >= 4 is 39.9 Å². The van der Waals surface area contributed by atoms with Crippen LogP contribution >= 0.6 is 11.8 Å². The van der Waals surface area contributed by atoms with Crippen LogP contribution in [0.2, 0.25) is 0 Å². The summed E-state index contributed by atoms with van der Waals surface area (Å²) in [5.74, 6) is 1.21. The third-order valence-electron chi connectivity index (χ3n) is 6.25. The minimum Gasteiger partial charge on any atom is -0.492 e. The Kier molecular flexibility index (Phi) is 6.28. The first-order chi connectivity index (χ1) is 16.5. The van der Waals surface area contributed by atoms with Crippen molar-refractivity contribution in [1.29, 1.82) is 5.41 Å². The van der Waals surface area contributed by atoms with Crippen molar-refractivity contribution < 1.29 is 9.53 Å². The number of aryl methyl sites for hydroxylation is 1. The highest BCUT2D eigenvalue weighted by Gasteiger charge is 2.37. The van der Waals surface area contributed by atoms with Gasteiger partial charge in [-0.3, -0.25) is 10.2 Å². The summed E-state index contributed by atoms with van der Waals surface area (Å²) >= 11 is 1.37. The quantitative estimate of drug-likeness (QED) is 0.654. The van der Waals surface area contributed by atoms with E-state index < -0.39 is 5.91 Å². The molecule has 1 N–H and O–H groups in total. The number of aliphatic imine (C=N–C) groups is 1. The fourth-order valence-corrected chi connectivity index (χ4v) is 5.13. The number of benzene rings is 1. The monoisotopic (exact) mass is 476 g/mol. The normalized spacial score (nSPS) is 20.0. The molecule has 176 valence electrons. The number of nitrogens with zero attached hydrogens (tertiary/aromatic N) is 5. The number of piperidine rings is 1. The maximum absolute atomic E-state index is 12.8. The van der Waals surface area contributed by atoms with Crippen LogP contribution in [0.25, 0.3) is 6.08 Å². The second kappa shape index (κ2) is 9.50. The SMILES string of the molecule is Cc1cccc(OCCn2cccc2/C=C2\C(=N)N3N=C(N4CCC(C)CC4)SC3=NC2=O)c1. The van der Waals surface area contributed by atoms with Crippen LogP contribution in [-0.4, -0.2) is 56.3 Å². The number of carbonyl (C=O) groups is 1. The molecule has 3 aliphatic heterocycles. The molecule has 0 spiro atoms. The van der Waals surface area contributed by atoms with Crippen molar-refractivity contribution in [3.63, 3.8) is 0 Å². The first-order valence-electron chi connectivity index (χ1n) is 11.6. The second-order valence-electron chi connectivity index (χ2n) is 8.86. The van der Waals surface area contributed by atoms with Gasteiger partial charge in [0.2, 0.25) is 5.17 Å². The smallest absolute Gasteiger partial charge is 0.283 e. The molecule has 1 aromatic carbocycles. The van der Waals surface area contributed by atoms with Gasteiger partial charge in [-0.2, -0.15) is 10.0 Å². The number of hydrogen-bond donors (Lipinski definition) is 1.